The van der Waals surface area contributed by atoms with E-state index in [0.717, 1.165) is 6.42 Å². The summed E-state index contributed by atoms with van der Waals surface area (Å²) >= 11 is 0. The number of nitrogens with zero attached hydrogens (tertiary/aromatic N) is 2. The summed E-state index contributed by atoms with van der Waals surface area (Å²) in [6.45, 7) is 1.61. The summed E-state index contributed by atoms with van der Waals surface area (Å²) in [7, 11) is 3.51. The Labute approximate surface area is 131 Å². The van der Waals surface area contributed by atoms with Crippen LogP contribution in [0.1, 0.15) is 38.5 Å². The normalized spacial score (nSPS) is 33.0. The number of amides is 2. The molecule has 3 aliphatic rings. The maximum atomic E-state index is 12.7. The summed E-state index contributed by atoms with van der Waals surface area (Å²) < 4.78 is 5.76. The number of hydrogen-bond donors (Lipinski definition) is 1. The molecule has 0 spiro atoms. The van der Waals surface area contributed by atoms with Gasteiger partial charge in [-0.05, 0) is 32.1 Å². The van der Waals surface area contributed by atoms with Crippen molar-refractivity contribution in [2.45, 2.75) is 50.2 Å². The third-order valence-corrected chi connectivity index (χ3v) is 5.57. The number of piperidine rings is 1. The average Bonchev–Trinajstić information content (AvgIpc) is 2.88. The molecular formula is C16H26N2O4. The second kappa shape index (κ2) is 5.49. The van der Waals surface area contributed by atoms with Crippen LogP contribution in [-0.2, 0) is 14.3 Å². The van der Waals surface area contributed by atoms with Crippen molar-refractivity contribution in [1.29, 1.82) is 0 Å². The first-order valence-electron chi connectivity index (χ1n) is 8.20. The number of fused-ring (bicyclic) bond motifs is 1. The molecular weight excluding hydrogens is 284 g/mol. The van der Waals surface area contributed by atoms with E-state index in [1.165, 1.54) is 0 Å². The number of hydrogen-bond acceptors (Lipinski definition) is 4. The Balaban J connectivity index is 1.73. The van der Waals surface area contributed by atoms with Crippen LogP contribution < -0.4 is 0 Å². The lowest BCUT2D eigenvalue weighted by Gasteiger charge is -2.45. The van der Waals surface area contributed by atoms with E-state index in [1.807, 2.05) is 0 Å². The van der Waals surface area contributed by atoms with Crippen LogP contribution in [0.3, 0.4) is 0 Å². The molecule has 6 nitrogen and oxygen atoms in total. The Hall–Kier alpha value is -1.14. The van der Waals surface area contributed by atoms with E-state index in [1.54, 1.807) is 23.9 Å². The fourth-order valence-corrected chi connectivity index (χ4v) is 4.06. The average molecular weight is 310 g/mol. The molecule has 22 heavy (non-hydrogen) atoms. The zero-order valence-electron chi connectivity index (χ0n) is 13.5. The van der Waals surface area contributed by atoms with Gasteiger partial charge in [0.25, 0.3) is 0 Å². The van der Waals surface area contributed by atoms with Crippen LogP contribution in [0.5, 0.6) is 0 Å². The van der Waals surface area contributed by atoms with Gasteiger partial charge in [-0.3, -0.25) is 9.59 Å². The van der Waals surface area contributed by atoms with Crippen LogP contribution in [0, 0.1) is 5.41 Å². The van der Waals surface area contributed by atoms with Crippen molar-refractivity contribution >= 4 is 11.8 Å². The van der Waals surface area contributed by atoms with Crippen molar-refractivity contribution in [2.75, 3.05) is 33.8 Å². The van der Waals surface area contributed by atoms with Crippen LogP contribution in [-0.4, -0.2) is 72.2 Å². The van der Waals surface area contributed by atoms with Gasteiger partial charge in [0.1, 0.15) is 0 Å². The van der Waals surface area contributed by atoms with E-state index in [4.69, 9.17) is 4.74 Å². The molecule has 1 saturated carbocycles. The predicted molar refractivity (Wildman–Crippen MR) is 80.1 cm³/mol. The largest absolute Gasteiger partial charge is 0.389 e. The van der Waals surface area contributed by atoms with Crippen LogP contribution >= 0.6 is 0 Å². The summed E-state index contributed by atoms with van der Waals surface area (Å²) in [4.78, 5) is 28.6. The molecule has 2 aliphatic heterocycles. The van der Waals surface area contributed by atoms with Gasteiger partial charge < -0.3 is 19.6 Å². The second-order valence-electron chi connectivity index (χ2n) is 7.32. The minimum absolute atomic E-state index is 0.0292. The Morgan fingerprint density at radius 2 is 2.05 bits per heavy atom. The summed E-state index contributed by atoms with van der Waals surface area (Å²) in [5.41, 5.74) is -1.40. The van der Waals surface area contributed by atoms with Crippen LogP contribution in [0.4, 0.5) is 0 Å². The number of rotatable bonds is 3. The highest BCUT2D eigenvalue weighted by atomic mass is 16.5. The molecule has 3 rings (SSSR count). The predicted octanol–water partition coefficient (Wildman–Crippen LogP) is 0.387. The van der Waals surface area contributed by atoms with Gasteiger partial charge in [-0.25, -0.2) is 0 Å². The van der Waals surface area contributed by atoms with E-state index in [-0.39, 0.29) is 24.3 Å². The van der Waals surface area contributed by atoms with E-state index in [2.05, 4.69) is 0 Å². The number of carbonyl (C=O) groups excluding carboxylic acids is 2. The molecule has 0 unspecified atom stereocenters. The number of aliphatic hydroxyl groups is 1. The maximum Gasteiger partial charge on any atom is 0.232 e. The van der Waals surface area contributed by atoms with Gasteiger partial charge in [0, 0.05) is 33.8 Å². The van der Waals surface area contributed by atoms with E-state index in [9.17, 15) is 14.7 Å². The lowest BCUT2D eigenvalue weighted by atomic mass is 9.74. The lowest BCUT2D eigenvalue weighted by Crippen LogP contribution is -2.58. The molecule has 2 atom stereocenters. The van der Waals surface area contributed by atoms with Crippen molar-refractivity contribution in [3.05, 3.63) is 0 Å². The molecule has 0 aromatic heterocycles. The monoisotopic (exact) mass is 310 g/mol. The van der Waals surface area contributed by atoms with Gasteiger partial charge in [-0.2, -0.15) is 0 Å². The van der Waals surface area contributed by atoms with E-state index < -0.39 is 11.0 Å². The highest BCUT2D eigenvalue weighted by Crippen LogP contribution is 2.43. The first kappa shape index (κ1) is 15.7. The van der Waals surface area contributed by atoms with Gasteiger partial charge in [0.15, 0.2) is 0 Å². The highest BCUT2D eigenvalue weighted by molar-refractivity contribution is 5.85. The van der Waals surface area contributed by atoms with Crippen molar-refractivity contribution in [2.24, 2.45) is 5.41 Å². The number of ether oxygens (including phenoxy) is 1. The van der Waals surface area contributed by atoms with Crippen molar-refractivity contribution in [3.63, 3.8) is 0 Å². The molecule has 3 fully saturated rings. The van der Waals surface area contributed by atoms with Crippen molar-refractivity contribution in [3.8, 4) is 0 Å². The number of likely N-dealkylation sites (tertiary alicyclic amines) is 1. The first-order valence-corrected chi connectivity index (χ1v) is 8.20. The summed E-state index contributed by atoms with van der Waals surface area (Å²) in [5, 5.41) is 10.2. The molecule has 0 radical (unpaired) electrons. The minimum atomic E-state index is -0.807. The minimum Gasteiger partial charge on any atom is -0.389 e. The topological polar surface area (TPSA) is 70.1 Å². The summed E-state index contributed by atoms with van der Waals surface area (Å²) in [5.74, 6) is 0.0216. The van der Waals surface area contributed by atoms with Crippen LogP contribution in [0.25, 0.3) is 0 Å². The standard InChI is InChI=1S/C16H26N2O4/c1-17(2)14(20)16-7-9-22-12(16)4-8-18(11-16)13(19)10-15(21)5-3-6-15/h12,21H,3-11H2,1-2H3/t12-,16-/m1/s1. The van der Waals surface area contributed by atoms with Crippen molar-refractivity contribution < 1.29 is 19.4 Å². The Kier molecular flexibility index (Phi) is 3.93. The lowest BCUT2D eigenvalue weighted by molar-refractivity contribution is -0.155. The molecule has 2 heterocycles. The third-order valence-electron chi connectivity index (χ3n) is 5.57. The van der Waals surface area contributed by atoms with Crippen LogP contribution in [0.2, 0.25) is 0 Å². The zero-order valence-corrected chi connectivity index (χ0v) is 13.5. The molecule has 6 heteroatoms. The molecule has 2 saturated heterocycles. The third kappa shape index (κ3) is 2.52. The van der Waals surface area contributed by atoms with Crippen LogP contribution in [0.15, 0.2) is 0 Å². The van der Waals surface area contributed by atoms with Gasteiger partial charge in [0.05, 0.1) is 23.5 Å². The molecule has 1 aliphatic carbocycles. The molecule has 0 aromatic rings. The molecule has 0 aromatic carbocycles. The summed E-state index contributed by atoms with van der Waals surface area (Å²) in [6, 6.07) is 0. The van der Waals surface area contributed by atoms with Gasteiger partial charge >= 0.3 is 0 Å². The highest BCUT2D eigenvalue weighted by Gasteiger charge is 2.54. The second-order valence-corrected chi connectivity index (χ2v) is 7.32. The Bertz CT molecular complexity index is 475. The quantitative estimate of drug-likeness (QED) is 0.818. The van der Waals surface area contributed by atoms with Gasteiger partial charge in [-0.15, -0.1) is 0 Å². The molecule has 2 amide bonds. The van der Waals surface area contributed by atoms with E-state index in [0.29, 0.717) is 45.4 Å². The smallest absolute Gasteiger partial charge is 0.232 e. The van der Waals surface area contributed by atoms with E-state index >= 15 is 0 Å². The maximum absolute atomic E-state index is 12.7. The van der Waals surface area contributed by atoms with Crippen molar-refractivity contribution in [1.82, 2.24) is 9.80 Å². The van der Waals surface area contributed by atoms with Gasteiger partial charge in [-0.1, -0.05) is 0 Å². The van der Waals surface area contributed by atoms with Gasteiger partial charge in [0.2, 0.25) is 11.8 Å². The number of carbonyl (C=O) groups is 2. The molecule has 0 bridgehead atoms. The Morgan fingerprint density at radius 3 is 2.64 bits per heavy atom. The SMILES string of the molecule is CN(C)C(=O)[C@@]12CCO[C@@H]1CCN(C(=O)CC1(O)CCC1)C2. The fourth-order valence-electron chi connectivity index (χ4n) is 4.06. The zero-order chi connectivity index (χ0) is 16.0. The molecule has 1 N–H and O–H groups in total. The first-order chi connectivity index (χ1) is 10.4. The Morgan fingerprint density at radius 1 is 1.32 bits per heavy atom. The fraction of sp³-hybridized carbons (Fsp3) is 0.875. The molecule has 124 valence electrons. The summed E-state index contributed by atoms with van der Waals surface area (Å²) in [6.07, 6.45) is 3.87.